The van der Waals surface area contributed by atoms with Crippen LogP contribution < -0.4 is 27.4 Å². The fourth-order valence-electron chi connectivity index (χ4n) is 2.55. The molecule has 0 aliphatic heterocycles. The summed E-state index contributed by atoms with van der Waals surface area (Å²) in [4.78, 5) is 70.4. The van der Waals surface area contributed by atoms with Gasteiger partial charge in [-0.15, -0.1) is 0 Å². The molecule has 0 aliphatic carbocycles. The minimum atomic E-state index is -1.62. The van der Waals surface area contributed by atoms with Crippen LogP contribution in [-0.2, 0) is 28.8 Å². The molecule has 0 radical (unpaired) electrons. The van der Waals surface area contributed by atoms with Crippen molar-refractivity contribution in [2.45, 2.75) is 70.3 Å². The van der Waals surface area contributed by atoms with Crippen molar-refractivity contribution in [3.05, 3.63) is 0 Å². The summed E-state index contributed by atoms with van der Waals surface area (Å²) in [6, 6.07) is -5.97. The number of hydrogen-bond acceptors (Lipinski definition) is 8. The highest BCUT2D eigenvalue weighted by molar-refractivity contribution is 5.95. The van der Waals surface area contributed by atoms with Crippen molar-refractivity contribution >= 4 is 35.6 Å². The number of amides is 4. The average molecular weight is 461 g/mol. The zero-order valence-electron chi connectivity index (χ0n) is 18.0. The molecule has 0 rings (SSSR count). The van der Waals surface area contributed by atoms with E-state index in [0.717, 1.165) is 0 Å². The Morgan fingerprint density at radius 1 is 0.844 bits per heavy atom. The molecular formula is C18H31N5O9. The molecule has 0 aliphatic rings. The van der Waals surface area contributed by atoms with E-state index < -0.39 is 84.6 Å². The Bertz CT molecular complexity index is 728. The fraction of sp³-hybridized carbons (Fsp3) is 0.667. The number of rotatable bonds is 14. The Hall–Kier alpha value is -3.26. The van der Waals surface area contributed by atoms with Crippen LogP contribution >= 0.6 is 0 Å². The van der Waals surface area contributed by atoms with Crippen LogP contribution in [0, 0.1) is 5.92 Å². The lowest BCUT2D eigenvalue weighted by molar-refractivity contribution is -0.144. The van der Waals surface area contributed by atoms with Crippen LogP contribution in [-0.4, -0.2) is 81.2 Å². The van der Waals surface area contributed by atoms with Crippen LogP contribution in [0.1, 0.15) is 40.0 Å². The van der Waals surface area contributed by atoms with E-state index in [1.165, 1.54) is 6.92 Å². The molecule has 0 aromatic carbocycles. The first kappa shape index (κ1) is 28.7. The summed E-state index contributed by atoms with van der Waals surface area (Å²) >= 11 is 0. The second kappa shape index (κ2) is 13.2. The molecule has 4 amide bonds. The highest BCUT2D eigenvalue weighted by Gasteiger charge is 2.34. The van der Waals surface area contributed by atoms with Crippen LogP contribution in [0.25, 0.3) is 0 Å². The van der Waals surface area contributed by atoms with Gasteiger partial charge in [0.2, 0.25) is 23.6 Å². The normalized spacial score (nSPS) is 16.4. The number of nitrogens with one attached hydrogen (secondary N) is 3. The van der Waals surface area contributed by atoms with Gasteiger partial charge in [-0.25, -0.2) is 4.79 Å². The molecule has 182 valence electrons. The summed E-state index contributed by atoms with van der Waals surface area (Å²) in [7, 11) is 0. The van der Waals surface area contributed by atoms with Gasteiger partial charge in [0.25, 0.3) is 0 Å². The fourth-order valence-corrected chi connectivity index (χ4v) is 2.55. The Labute approximate surface area is 184 Å². The quantitative estimate of drug-likeness (QED) is 0.127. The number of aliphatic hydroxyl groups is 1. The Kier molecular flexibility index (Phi) is 11.9. The monoisotopic (exact) mass is 461 g/mol. The molecule has 32 heavy (non-hydrogen) atoms. The summed E-state index contributed by atoms with van der Waals surface area (Å²) in [6.45, 7) is 4.47. The van der Waals surface area contributed by atoms with Gasteiger partial charge >= 0.3 is 11.9 Å². The van der Waals surface area contributed by atoms with Crippen LogP contribution in [0.3, 0.4) is 0 Å². The van der Waals surface area contributed by atoms with E-state index in [9.17, 15) is 33.9 Å². The molecule has 0 saturated carbocycles. The van der Waals surface area contributed by atoms with E-state index in [0.29, 0.717) is 6.42 Å². The standard InChI is InChI=1S/C18H31N5O9/c1-4-7(2)13(16(29)21-10(18(31)32)6-11(20)25)22-17(30)14(8(3)24)23-15(28)9(19)5-12(26)27/h7-10,13-14,24H,4-6,19H2,1-3H3,(H2,20,25)(H,21,29)(H,22,30)(H,23,28)(H,26,27)(H,31,32). The van der Waals surface area contributed by atoms with Crippen molar-refractivity contribution in [1.29, 1.82) is 0 Å². The molecule has 0 saturated heterocycles. The number of nitrogens with two attached hydrogens (primary N) is 2. The lowest BCUT2D eigenvalue weighted by Gasteiger charge is -2.28. The van der Waals surface area contributed by atoms with Crippen molar-refractivity contribution in [3.63, 3.8) is 0 Å². The first-order chi connectivity index (χ1) is 14.7. The number of hydrogen-bond donors (Lipinski definition) is 8. The molecule has 6 atom stereocenters. The third kappa shape index (κ3) is 9.70. The number of aliphatic hydroxyl groups excluding tert-OH is 1. The maximum atomic E-state index is 12.7. The number of carbonyl (C=O) groups is 6. The Balaban J connectivity index is 5.52. The largest absolute Gasteiger partial charge is 0.481 e. The van der Waals surface area contributed by atoms with E-state index >= 15 is 0 Å². The minimum absolute atomic E-state index is 0.376. The van der Waals surface area contributed by atoms with Crippen molar-refractivity contribution < 1.29 is 44.1 Å². The summed E-state index contributed by atoms with van der Waals surface area (Å²) in [5.74, 6) is -7.24. The molecule has 0 heterocycles. The maximum absolute atomic E-state index is 12.7. The lowest BCUT2D eigenvalue weighted by atomic mass is 9.97. The number of carboxylic acids is 2. The summed E-state index contributed by atoms with van der Waals surface area (Å²) in [6.07, 6.45) is -2.45. The van der Waals surface area contributed by atoms with E-state index in [1.807, 2.05) is 0 Å². The summed E-state index contributed by atoms with van der Waals surface area (Å²) in [5, 5.41) is 34.4. The number of carbonyl (C=O) groups excluding carboxylic acids is 4. The van der Waals surface area contributed by atoms with E-state index in [2.05, 4.69) is 16.0 Å². The minimum Gasteiger partial charge on any atom is -0.481 e. The third-order valence-corrected chi connectivity index (χ3v) is 4.61. The zero-order valence-corrected chi connectivity index (χ0v) is 18.0. The summed E-state index contributed by atoms with van der Waals surface area (Å²) in [5.41, 5.74) is 10.4. The van der Waals surface area contributed by atoms with Crippen molar-refractivity contribution in [2.24, 2.45) is 17.4 Å². The first-order valence-electron chi connectivity index (χ1n) is 9.78. The smallest absolute Gasteiger partial charge is 0.326 e. The molecule has 0 aromatic rings. The zero-order chi connectivity index (χ0) is 25.2. The molecule has 14 heteroatoms. The Morgan fingerprint density at radius 3 is 1.75 bits per heavy atom. The van der Waals surface area contributed by atoms with Crippen LogP contribution in [0.15, 0.2) is 0 Å². The van der Waals surface area contributed by atoms with E-state index in [-0.39, 0.29) is 0 Å². The highest BCUT2D eigenvalue weighted by atomic mass is 16.4. The van der Waals surface area contributed by atoms with Gasteiger partial charge in [-0.05, 0) is 12.8 Å². The SMILES string of the molecule is CCC(C)C(NC(=O)C(NC(=O)C(N)CC(=O)O)C(C)O)C(=O)NC(CC(N)=O)C(=O)O. The van der Waals surface area contributed by atoms with Gasteiger partial charge in [-0.1, -0.05) is 20.3 Å². The topological polar surface area (TPSA) is 251 Å². The van der Waals surface area contributed by atoms with Gasteiger partial charge in [-0.2, -0.15) is 0 Å². The molecule has 0 bridgehead atoms. The highest BCUT2D eigenvalue weighted by Crippen LogP contribution is 2.10. The van der Waals surface area contributed by atoms with E-state index in [4.69, 9.17) is 21.7 Å². The number of primary amides is 1. The third-order valence-electron chi connectivity index (χ3n) is 4.61. The van der Waals surface area contributed by atoms with Gasteiger partial charge in [0.1, 0.15) is 18.1 Å². The van der Waals surface area contributed by atoms with Gasteiger partial charge in [0, 0.05) is 0 Å². The maximum Gasteiger partial charge on any atom is 0.326 e. The molecule has 14 nitrogen and oxygen atoms in total. The molecule has 0 spiro atoms. The predicted octanol–water partition coefficient (Wildman–Crippen LogP) is -3.37. The number of aliphatic carboxylic acids is 2. The first-order valence-corrected chi connectivity index (χ1v) is 9.78. The summed E-state index contributed by atoms with van der Waals surface area (Å²) < 4.78 is 0. The molecule has 0 fully saturated rings. The van der Waals surface area contributed by atoms with Gasteiger partial charge in [-0.3, -0.25) is 24.0 Å². The number of carboxylic acid groups (broad SMARTS) is 2. The van der Waals surface area contributed by atoms with Crippen molar-refractivity contribution in [1.82, 2.24) is 16.0 Å². The van der Waals surface area contributed by atoms with Gasteiger partial charge in [0.15, 0.2) is 0 Å². The van der Waals surface area contributed by atoms with Crippen molar-refractivity contribution in [3.8, 4) is 0 Å². The van der Waals surface area contributed by atoms with Crippen LogP contribution in [0.2, 0.25) is 0 Å². The van der Waals surface area contributed by atoms with E-state index in [1.54, 1.807) is 13.8 Å². The van der Waals surface area contributed by atoms with Crippen molar-refractivity contribution in [2.75, 3.05) is 0 Å². The molecule has 0 aromatic heterocycles. The van der Waals surface area contributed by atoms with Gasteiger partial charge in [0.05, 0.1) is 25.0 Å². The molecular weight excluding hydrogens is 430 g/mol. The Morgan fingerprint density at radius 2 is 1.34 bits per heavy atom. The second-order valence-corrected chi connectivity index (χ2v) is 7.37. The van der Waals surface area contributed by atoms with Crippen LogP contribution in [0.4, 0.5) is 0 Å². The molecule has 10 N–H and O–H groups in total. The van der Waals surface area contributed by atoms with Crippen LogP contribution in [0.5, 0.6) is 0 Å². The second-order valence-electron chi connectivity index (χ2n) is 7.37. The lowest BCUT2D eigenvalue weighted by Crippen LogP contribution is -2.61. The molecule has 6 unspecified atom stereocenters. The van der Waals surface area contributed by atoms with Gasteiger partial charge < -0.3 is 42.7 Å². The predicted molar refractivity (Wildman–Crippen MR) is 109 cm³/mol. The average Bonchev–Trinajstić information content (AvgIpc) is 2.67.